The minimum Gasteiger partial charge on any atom is -0.496 e. The summed E-state index contributed by atoms with van der Waals surface area (Å²) in [6.45, 7) is 4.24. The van der Waals surface area contributed by atoms with Crippen LogP contribution in [0.1, 0.15) is 5.56 Å². The Morgan fingerprint density at radius 3 is 2.64 bits per heavy atom. The van der Waals surface area contributed by atoms with Crippen molar-refractivity contribution in [2.75, 3.05) is 20.8 Å². The summed E-state index contributed by atoms with van der Waals surface area (Å²) in [6, 6.07) is 12.0. The summed E-state index contributed by atoms with van der Waals surface area (Å²) >= 11 is 3.32. The first kappa shape index (κ1) is 19.5. The predicted octanol–water partition coefficient (Wildman–Crippen LogP) is 3.84. The smallest absolute Gasteiger partial charge is 0.243 e. The van der Waals surface area contributed by atoms with Gasteiger partial charge in [0, 0.05) is 13.6 Å². The predicted molar refractivity (Wildman–Crippen MR) is 101 cm³/mol. The Bertz CT molecular complexity index is 852. The maximum atomic E-state index is 12.8. The van der Waals surface area contributed by atoms with Crippen molar-refractivity contribution in [3.63, 3.8) is 0 Å². The summed E-state index contributed by atoms with van der Waals surface area (Å²) in [5.74, 6) is 1.25. The number of benzene rings is 2. The molecule has 2 aromatic carbocycles. The van der Waals surface area contributed by atoms with Crippen LogP contribution in [-0.2, 0) is 16.6 Å². The van der Waals surface area contributed by atoms with E-state index < -0.39 is 10.0 Å². The van der Waals surface area contributed by atoms with Gasteiger partial charge in [0.2, 0.25) is 10.0 Å². The van der Waals surface area contributed by atoms with E-state index in [0.717, 1.165) is 5.56 Å². The van der Waals surface area contributed by atoms with Crippen LogP contribution in [0.3, 0.4) is 0 Å². The summed E-state index contributed by atoms with van der Waals surface area (Å²) < 4.78 is 38.0. The fourth-order valence-corrected chi connectivity index (χ4v) is 4.10. The molecule has 0 saturated heterocycles. The van der Waals surface area contributed by atoms with E-state index in [4.69, 9.17) is 9.47 Å². The third kappa shape index (κ3) is 4.84. The van der Waals surface area contributed by atoms with Gasteiger partial charge in [-0.15, -0.1) is 0 Å². The third-order valence-corrected chi connectivity index (χ3v) is 5.92. The molecule has 0 fully saturated rings. The average Bonchev–Trinajstić information content (AvgIpc) is 2.60. The van der Waals surface area contributed by atoms with Crippen molar-refractivity contribution in [3.05, 3.63) is 65.2 Å². The highest BCUT2D eigenvalue weighted by Gasteiger charge is 2.22. The summed E-state index contributed by atoms with van der Waals surface area (Å²) in [4.78, 5) is 0.196. The Labute approximate surface area is 157 Å². The van der Waals surface area contributed by atoms with Crippen LogP contribution in [0.5, 0.6) is 11.5 Å². The average molecular weight is 426 g/mol. The van der Waals surface area contributed by atoms with Gasteiger partial charge < -0.3 is 9.47 Å². The molecule has 0 atom stereocenters. The van der Waals surface area contributed by atoms with Crippen LogP contribution in [0.25, 0.3) is 0 Å². The topological polar surface area (TPSA) is 55.8 Å². The molecule has 0 aromatic heterocycles. The van der Waals surface area contributed by atoms with Gasteiger partial charge in [0.05, 0.1) is 16.5 Å². The molecular weight excluding hydrogens is 406 g/mol. The van der Waals surface area contributed by atoms with E-state index in [2.05, 4.69) is 22.5 Å². The minimum atomic E-state index is -3.62. The van der Waals surface area contributed by atoms with E-state index in [9.17, 15) is 8.42 Å². The molecule has 0 saturated carbocycles. The molecule has 0 bridgehead atoms. The molecule has 0 unspecified atom stereocenters. The Morgan fingerprint density at radius 1 is 1.24 bits per heavy atom. The monoisotopic (exact) mass is 425 g/mol. The maximum Gasteiger partial charge on any atom is 0.243 e. The highest BCUT2D eigenvalue weighted by atomic mass is 79.9. The lowest BCUT2D eigenvalue weighted by Gasteiger charge is -2.18. The van der Waals surface area contributed by atoms with Gasteiger partial charge in [-0.05, 0) is 51.8 Å². The molecule has 0 radical (unpaired) electrons. The Morgan fingerprint density at radius 2 is 2.00 bits per heavy atom. The largest absolute Gasteiger partial charge is 0.496 e. The third-order valence-electron chi connectivity index (χ3n) is 3.50. The normalized spacial score (nSPS) is 11.4. The molecule has 0 aliphatic rings. The highest BCUT2D eigenvalue weighted by Crippen LogP contribution is 2.29. The van der Waals surface area contributed by atoms with Crippen molar-refractivity contribution in [1.29, 1.82) is 0 Å². The number of rotatable bonds is 8. The van der Waals surface area contributed by atoms with E-state index in [1.54, 1.807) is 19.2 Å². The fourth-order valence-electron chi connectivity index (χ4n) is 2.22. The summed E-state index contributed by atoms with van der Waals surface area (Å²) in [7, 11) is -0.548. The number of ether oxygens (including phenoxy) is 2. The molecule has 25 heavy (non-hydrogen) atoms. The quantitative estimate of drug-likeness (QED) is 0.602. The first-order valence-electron chi connectivity index (χ1n) is 7.51. The maximum absolute atomic E-state index is 12.8. The lowest BCUT2D eigenvalue weighted by atomic mass is 10.2. The number of hydrogen-bond donors (Lipinski definition) is 0. The fraction of sp³-hybridized carbons (Fsp3) is 0.222. The van der Waals surface area contributed by atoms with Crippen LogP contribution in [0, 0.1) is 0 Å². The molecule has 0 amide bonds. The first-order chi connectivity index (χ1) is 11.9. The number of sulfonamides is 1. The summed E-state index contributed by atoms with van der Waals surface area (Å²) in [5, 5.41) is 0. The zero-order chi connectivity index (χ0) is 18.4. The Kier molecular flexibility index (Phi) is 6.64. The van der Waals surface area contributed by atoms with Crippen molar-refractivity contribution in [1.82, 2.24) is 4.31 Å². The van der Waals surface area contributed by atoms with Crippen LogP contribution < -0.4 is 9.47 Å². The number of nitrogens with zero attached hydrogens (tertiary/aromatic N) is 1. The van der Waals surface area contributed by atoms with Crippen LogP contribution in [-0.4, -0.2) is 33.5 Å². The molecule has 0 aliphatic carbocycles. The second-order valence-electron chi connectivity index (χ2n) is 5.30. The van der Waals surface area contributed by atoms with Crippen molar-refractivity contribution < 1.29 is 17.9 Å². The highest BCUT2D eigenvalue weighted by molar-refractivity contribution is 9.10. The lowest BCUT2D eigenvalue weighted by molar-refractivity contribution is 0.362. The number of halogens is 1. The van der Waals surface area contributed by atoms with E-state index >= 15 is 0 Å². The molecule has 2 rings (SSSR count). The minimum absolute atomic E-state index is 0.196. The van der Waals surface area contributed by atoms with Gasteiger partial charge in [0.25, 0.3) is 0 Å². The lowest BCUT2D eigenvalue weighted by Crippen LogP contribution is -2.26. The molecule has 5 nitrogen and oxygen atoms in total. The molecule has 0 N–H and O–H groups in total. The van der Waals surface area contributed by atoms with E-state index in [-0.39, 0.29) is 11.4 Å². The van der Waals surface area contributed by atoms with Gasteiger partial charge >= 0.3 is 0 Å². The number of hydrogen-bond acceptors (Lipinski definition) is 4. The van der Waals surface area contributed by atoms with Gasteiger partial charge in [-0.1, -0.05) is 24.8 Å². The molecule has 7 heteroatoms. The molecule has 0 spiro atoms. The zero-order valence-electron chi connectivity index (χ0n) is 14.1. The van der Waals surface area contributed by atoms with Gasteiger partial charge in [-0.2, -0.15) is 4.31 Å². The van der Waals surface area contributed by atoms with E-state index in [1.807, 2.05) is 24.3 Å². The summed E-state index contributed by atoms with van der Waals surface area (Å²) in [6.07, 6.45) is 1.66. The standard InChI is InChI=1S/C18H20BrNO4S/c1-4-10-24-15-7-5-6-14(11-15)13-20(2)25(21,22)16-8-9-18(23-3)17(19)12-16/h4-9,11-12H,1,10,13H2,2-3H3. The SMILES string of the molecule is C=CCOc1cccc(CN(C)S(=O)(=O)c2ccc(OC)c(Br)c2)c1. The van der Waals surface area contributed by atoms with Gasteiger partial charge in [0.1, 0.15) is 18.1 Å². The Hall–Kier alpha value is -1.83. The molecule has 134 valence electrons. The second kappa shape index (κ2) is 8.51. The first-order valence-corrected chi connectivity index (χ1v) is 9.74. The van der Waals surface area contributed by atoms with E-state index in [0.29, 0.717) is 22.6 Å². The molecule has 0 aliphatic heterocycles. The molecule has 2 aromatic rings. The second-order valence-corrected chi connectivity index (χ2v) is 8.20. The zero-order valence-corrected chi connectivity index (χ0v) is 16.5. The van der Waals surface area contributed by atoms with Crippen molar-refractivity contribution in [3.8, 4) is 11.5 Å². The van der Waals surface area contributed by atoms with Crippen molar-refractivity contribution >= 4 is 26.0 Å². The van der Waals surface area contributed by atoms with Gasteiger partial charge in [-0.3, -0.25) is 0 Å². The van der Waals surface area contributed by atoms with Crippen molar-refractivity contribution in [2.24, 2.45) is 0 Å². The summed E-state index contributed by atoms with van der Waals surface area (Å²) in [5.41, 5.74) is 0.834. The molecule has 0 heterocycles. The number of methoxy groups -OCH3 is 1. The van der Waals surface area contributed by atoms with Crippen LogP contribution in [0.4, 0.5) is 0 Å². The Balaban J connectivity index is 2.20. The van der Waals surface area contributed by atoms with Crippen LogP contribution in [0.2, 0.25) is 0 Å². The van der Waals surface area contributed by atoms with Gasteiger partial charge in [0.15, 0.2) is 0 Å². The van der Waals surface area contributed by atoms with Gasteiger partial charge in [-0.25, -0.2) is 8.42 Å². The van der Waals surface area contributed by atoms with Crippen molar-refractivity contribution in [2.45, 2.75) is 11.4 Å². The van der Waals surface area contributed by atoms with Crippen LogP contribution >= 0.6 is 15.9 Å². The van der Waals surface area contributed by atoms with E-state index in [1.165, 1.54) is 23.5 Å². The molecular formula is C18H20BrNO4S. The van der Waals surface area contributed by atoms with Crippen LogP contribution in [0.15, 0.2) is 64.5 Å².